The first kappa shape index (κ1) is 22.0. The van der Waals surface area contributed by atoms with Gasteiger partial charge in [-0.05, 0) is 18.9 Å². The smallest absolute Gasteiger partial charge is 0.332 e. The molecular formula is C21H28N6O5. The molecular weight excluding hydrogens is 416 g/mol. The zero-order valence-corrected chi connectivity index (χ0v) is 18.4. The van der Waals surface area contributed by atoms with Crippen LogP contribution in [0, 0.1) is 0 Å². The van der Waals surface area contributed by atoms with Crippen LogP contribution in [0.4, 0.5) is 5.69 Å². The van der Waals surface area contributed by atoms with Crippen molar-refractivity contribution in [2.75, 3.05) is 44.2 Å². The van der Waals surface area contributed by atoms with E-state index in [1.807, 2.05) is 4.90 Å². The van der Waals surface area contributed by atoms with Crippen LogP contribution in [0.15, 0.2) is 21.9 Å². The van der Waals surface area contributed by atoms with Crippen molar-refractivity contribution in [2.24, 2.45) is 7.05 Å². The Kier molecular flexibility index (Phi) is 6.26. The number of anilines is 1. The number of pyridine rings is 1. The number of amides is 2. The van der Waals surface area contributed by atoms with Crippen molar-refractivity contribution in [3.8, 4) is 0 Å². The Balaban J connectivity index is 1.64. The lowest BCUT2D eigenvalue weighted by Gasteiger charge is -2.36. The van der Waals surface area contributed by atoms with Crippen LogP contribution in [0.1, 0.15) is 19.8 Å². The van der Waals surface area contributed by atoms with E-state index in [0.29, 0.717) is 45.0 Å². The van der Waals surface area contributed by atoms with Crippen LogP contribution in [0.25, 0.3) is 11.0 Å². The summed E-state index contributed by atoms with van der Waals surface area (Å²) >= 11 is 0. The number of hydrogen-bond acceptors (Lipinski definition) is 7. The normalized spacial score (nSPS) is 18.9. The summed E-state index contributed by atoms with van der Waals surface area (Å²) in [6.07, 6.45) is 3.37. The van der Waals surface area contributed by atoms with Crippen molar-refractivity contribution in [2.45, 2.75) is 32.4 Å². The zero-order chi connectivity index (χ0) is 22.8. The van der Waals surface area contributed by atoms with Gasteiger partial charge in [0.25, 0.3) is 5.56 Å². The molecule has 0 radical (unpaired) electrons. The summed E-state index contributed by atoms with van der Waals surface area (Å²) in [6.45, 7) is 4.41. The van der Waals surface area contributed by atoms with Gasteiger partial charge in [-0.25, -0.2) is 9.78 Å². The molecule has 2 aliphatic rings. The number of ether oxygens (including phenoxy) is 1. The first-order chi connectivity index (χ1) is 15.4. The highest BCUT2D eigenvalue weighted by atomic mass is 16.5. The molecule has 2 aromatic rings. The van der Waals surface area contributed by atoms with E-state index in [0.717, 1.165) is 17.4 Å². The van der Waals surface area contributed by atoms with Crippen LogP contribution in [0.3, 0.4) is 0 Å². The standard InChI is InChI=1S/C21H28N6O5/c1-14(28)25-7-9-26(10-8-25)16-5-6-22-19-18(16)20(30)27(21(31)24(19)2)13-17(29)23-12-15-4-3-11-32-15/h5-6,15H,3-4,7-13H2,1-2H3,(H,23,29)/t15-/m1/s1. The van der Waals surface area contributed by atoms with E-state index in [1.165, 1.54) is 18.5 Å². The highest BCUT2D eigenvalue weighted by Crippen LogP contribution is 2.23. The van der Waals surface area contributed by atoms with Crippen LogP contribution >= 0.6 is 0 Å². The van der Waals surface area contributed by atoms with Gasteiger partial charge in [0.2, 0.25) is 11.8 Å². The van der Waals surface area contributed by atoms with E-state index in [1.54, 1.807) is 17.2 Å². The summed E-state index contributed by atoms with van der Waals surface area (Å²) in [5, 5.41) is 3.04. The van der Waals surface area contributed by atoms with Crippen LogP contribution in [-0.2, 0) is 27.9 Å². The molecule has 0 spiro atoms. The van der Waals surface area contributed by atoms with Crippen LogP contribution in [0.5, 0.6) is 0 Å². The molecule has 0 bridgehead atoms. The fraction of sp³-hybridized carbons (Fsp3) is 0.571. The number of hydrogen-bond donors (Lipinski definition) is 1. The molecule has 2 saturated heterocycles. The van der Waals surface area contributed by atoms with Crippen molar-refractivity contribution in [3.63, 3.8) is 0 Å². The Morgan fingerprint density at radius 1 is 1.22 bits per heavy atom. The molecule has 1 atom stereocenters. The first-order valence-corrected chi connectivity index (χ1v) is 10.8. The Hall–Kier alpha value is -3.21. The number of nitrogens with zero attached hydrogens (tertiary/aromatic N) is 5. The van der Waals surface area contributed by atoms with Crippen molar-refractivity contribution in [3.05, 3.63) is 33.1 Å². The number of fused-ring (bicyclic) bond motifs is 1. The Labute approximate surface area is 184 Å². The quantitative estimate of drug-likeness (QED) is 0.632. The third-order valence-electron chi connectivity index (χ3n) is 6.12. The molecule has 4 rings (SSSR count). The van der Waals surface area contributed by atoms with Crippen LogP contribution in [-0.4, -0.2) is 76.3 Å². The summed E-state index contributed by atoms with van der Waals surface area (Å²) in [7, 11) is 1.54. The van der Waals surface area contributed by atoms with Gasteiger partial charge in [-0.3, -0.25) is 23.5 Å². The van der Waals surface area contributed by atoms with E-state index >= 15 is 0 Å². The molecule has 0 unspecified atom stereocenters. The van der Waals surface area contributed by atoms with E-state index in [4.69, 9.17) is 4.74 Å². The number of carbonyl (C=O) groups is 2. The van der Waals surface area contributed by atoms with Gasteiger partial charge in [0.15, 0.2) is 5.65 Å². The number of piperazine rings is 1. The minimum absolute atomic E-state index is 0.0167. The van der Waals surface area contributed by atoms with Gasteiger partial charge in [0.05, 0.1) is 11.8 Å². The van der Waals surface area contributed by atoms with E-state index < -0.39 is 17.2 Å². The maximum atomic E-state index is 13.3. The topological polar surface area (TPSA) is 119 Å². The van der Waals surface area contributed by atoms with Gasteiger partial charge in [-0.1, -0.05) is 0 Å². The molecule has 172 valence electrons. The van der Waals surface area contributed by atoms with Gasteiger partial charge in [0.1, 0.15) is 11.9 Å². The second-order valence-electron chi connectivity index (χ2n) is 8.19. The number of aryl methyl sites for hydroxylation is 1. The third-order valence-corrected chi connectivity index (χ3v) is 6.12. The Morgan fingerprint density at radius 3 is 2.62 bits per heavy atom. The van der Waals surface area contributed by atoms with E-state index in [-0.39, 0.29) is 29.6 Å². The van der Waals surface area contributed by atoms with Crippen LogP contribution in [0.2, 0.25) is 0 Å². The van der Waals surface area contributed by atoms with Gasteiger partial charge < -0.3 is 19.9 Å². The van der Waals surface area contributed by atoms with E-state index in [9.17, 15) is 19.2 Å². The molecule has 2 aromatic heterocycles. The summed E-state index contributed by atoms with van der Waals surface area (Å²) in [5.41, 5.74) is -0.233. The van der Waals surface area contributed by atoms with Gasteiger partial charge in [-0.2, -0.15) is 0 Å². The molecule has 2 aliphatic heterocycles. The fourth-order valence-corrected chi connectivity index (χ4v) is 4.29. The second-order valence-corrected chi connectivity index (χ2v) is 8.19. The van der Waals surface area contributed by atoms with Crippen LogP contribution < -0.4 is 21.5 Å². The number of carbonyl (C=O) groups excluding carboxylic acids is 2. The first-order valence-electron chi connectivity index (χ1n) is 10.8. The average Bonchev–Trinajstić information content (AvgIpc) is 3.32. The number of rotatable bonds is 5. The molecule has 0 saturated carbocycles. The molecule has 1 N–H and O–H groups in total. The summed E-state index contributed by atoms with van der Waals surface area (Å²) < 4.78 is 7.74. The highest BCUT2D eigenvalue weighted by Gasteiger charge is 2.24. The Bertz CT molecular complexity index is 1140. The molecule has 4 heterocycles. The molecule has 2 fully saturated rings. The molecule has 11 nitrogen and oxygen atoms in total. The SMILES string of the molecule is CC(=O)N1CCN(c2ccnc3c2c(=O)n(CC(=O)NC[C@H]2CCCO2)c(=O)n3C)CC1. The van der Waals surface area contributed by atoms with Crippen molar-refractivity contribution < 1.29 is 14.3 Å². The maximum Gasteiger partial charge on any atom is 0.332 e. The second kappa shape index (κ2) is 9.11. The lowest BCUT2D eigenvalue weighted by molar-refractivity contribution is -0.129. The number of aromatic nitrogens is 3. The van der Waals surface area contributed by atoms with Crippen molar-refractivity contribution in [1.82, 2.24) is 24.3 Å². The Morgan fingerprint density at radius 2 is 1.97 bits per heavy atom. The minimum Gasteiger partial charge on any atom is -0.376 e. The molecule has 0 aromatic carbocycles. The van der Waals surface area contributed by atoms with Crippen molar-refractivity contribution >= 4 is 28.5 Å². The summed E-state index contributed by atoms with van der Waals surface area (Å²) in [5.74, 6) is -0.400. The molecule has 2 amide bonds. The lowest BCUT2D eigenvalue weighted by Crippen LogP contribution is -2.49. The predicted octanol–water partition coefficient (Wildman–Crippen LogP) is -0.941. The van der Waals surface area contributed by atoms with Crippen molar-refractivity contribution in [1.29, 1.82) is 0 Å². The lowest BCUT2D eigenvalue weighted by atomic mass is 10.2. The average molecular weight is 444 g/mol. The van der Waals surface area contributed by atoms with E-state index in [2.05, 4.69) is 10.3 Å². The van der Waals surface area contributed by atoms with Gasteiger partial charge >= 0.3 is 5.69 Å². The largest absolute Gasteiger partial charge is 0.376 e. The molecule has 11 heteroatoms. The molecule has 0 aliphatic carbocycles. The third kappa shape index (κ3) is 4.24. The van der Waals surface area contributed by atoms with Gasteiger partial charge in [-0.15, -0.1) is 0 Å². The summed E-state index contributed by atoms with van der Waals surface area (Å²) in [4.78, 5) is 58.3. The maximum absolute atomic E-state index is 13.3. The zero-order valence-electron chi connectivity index (χ0n) is 18.4. The monoisotopic (exact) mass is 444 g/mol. The fourth-order valence-electron chi connectivity index (χ4n) is 4.29. The minimum atomic E-state index is -0.596. The highest BCUT2D eigenvalue weighted by molar-refractivity contribution is 5.89. The predicted molar refractivity (Wildman–Crippen MR) is 118 cm³/mol. The number of nitrogens with one attached hydrogen (secondary N) is 1. The van der Waals surface area contributed by atoms with Gasteiger partial charge in [0, 0.05) is 59.5 Å². The molecule has 32 heavy (non-hydrogen) atoms. The summed E-state index contributed by atoms with van der Waals surface area (Å²) in [6, 6.07) is 1.74.